The minimum Gasteiger partial charge on any atom is -0.0854 e. The van der Waals surface area contributed by atoms with Crippen molar-refractivity contribution in [2.75, 3.05) is 0 Å². The Labute approximate surface area is 122 Å². The Morgan fingerprint density at radius 2 is 1.58 bits per heavy atom. The van der Waals surface area contributed by atoms with Crippen molar-refractivity contribution in [3.63, 3.8) is 0 Å². The monoisotopic (exact) mass is 264 g/mol. The van der Waals surface area contributed by atoms with E-state index in [9.17, 15) is 0 Å². The molecule has 0 bridgehead atoms. The van der Waals surface area contributed by atoms with Gasteiger partial charge in [-0.15, -0.1) is 0 Å². The predicted molar refractivity (Wildman–Crippen MR) is 87.1 cm³/mol. The summed E-state index contributed by atoms with van der Waals surface area (Å²) >= 11 is 0. The van der Waals surface area contributed by atoms with Gasteiger partial charge in [0.05, 0.1) is 0 Å². The van der Waals surface area contributed by atoms with Crippen LogP contribution in [0.25, 0.3) is 0 Å². The summed E-state index contributed by atoms with van der Waals surface area (Å²) in [5.74, 6) is 6.07. The van der Waals surface area contributed by atoms with E-state index in [1.807, 2.05) is 0 Å². The molecule has 0 radical (unpaired) electrons. The van der Waals surface area contributed by atoms with Crippen molar-refractivity contribution in [1.82, 2.24) is 0 Å². The summed E-state index contributed by atoms with van der Waals surface area (Å²) in [7, 11) is 0. The summed E-state index contributed by atoms with van der Waals surface area (Å²) in [5.41, 5.74) is 0. The third-order valence-corrected chi connectivity index (χ3v) is 5.96. The van der Waals surface area contributed by atoms with Gasteiger partial charge in [0.2, 0.25) is 0 Å². The largest absolute Gasteiger partial charge is 0.0854 e. The molecule has 112 valence electrons. The fourth-order valence-corrected chi connectivity index (χ4v) is 3.50. The molecule has 1 fully saturated rings. The Bertz CT molecular complexity index is 266. The summed E-state index contributed by atoms with van der Waals surface area (Å²) in [6.45, 7) is 16.7. The van der Waals surface area contributed by atoms with Crippen molar-refractivity contribution in [3.8, 4) is 0 Å². The maximum atomic E-state index is 2.52. The smallest absolute Gasteiger partial charge is 0.0176 e. The molecule has 0 saturated heterocycles. The van der Waals surface area contributed by atoms with Crippen LogP contribution in [0.15, 0.2) is 12.2 Å². The lowest BCUT2D eigenvalue weighted by atomic mass is 9.56. The SMILES string of the molecule is CCC(C)C=CC1C(C)C(CCC(C)C(C)C)C1C. The van der Waals surface area contributed by atoms with Gasteiger partial charge in [0, 0.05) is 0 Å². The van der Waals surface area contributed by atoms with E-state index < -0.39 is 0 Å². The number of hydrogen-bond acceptors (Lipinski definition) is 0. The Hall–Kier alpha value is -0.260. The van der Waals surface area contributed by atoms with E-state index in [2.05, 4.69) is 60.6 Å². The van der Waals surface area contributed by atoms with Gasteiger partial charge >= 0.3 is 0 Å². The van der Waals surface area contributed by atoms with Gasteiger partial charge in [-0.2, -0.15) is 0 Å². The third-order valence-electron chi connectivity index (χ3n) is 5.96. The topological polar surface area (TPSA) is 0 Å². The van der Waals surface area contributed by atoms with Gasteiger partial charge in [0.1, 0.15) is 0 Å². The van der Waals surface area contributed by atoms with Crippen LogP contribution in [-0.2, 0) is 0 Å². The average molecular weight is 264 g/mol. The second kappa shape index (κ2) is 7.50. The first-order chi connectivity index (χ1) is 8.88. The fraction of sp³-hybridized carbons (Fsp3) is 0.895. The minimum absolute atomic E-state index is 0.749. The zero-order chi connectivity index (χ0) is 14.6. The van der Waals surface area contributed by atoms with Gasteiger partial charge in [0.15, 0.2) is 0 Å². The normalized spacial score (nSPS) is 34.5. The van der Waals surface area contributed by atoms with Gasteiger partial charge < -0.3 is 0 Å². The Kier molecular flexibility index (Phi) is 6.63. The first-order valence-corrected chi connectivity index (χ1v) is 8.56. The summed E-state index contributed by atoms with van der Waals surface area (Å²) in [6, 6.07) is 0. The Morgan fingerprint density at radius 1 is 1.00 bits per heavy atom. The van der Waals surface area contributed by atoms with Gasteiger partial charge in [-0.25, -0.2) is 0 Å². The molecule has 19 heavy (non-hydrogen) atoms. The highest BCUT2D eigenvalue weighted by molar-refractivity contribution is 5.04. The van der Waals surface area contributed by atoms with E-state index in [0.717, 1.165) is 41.4 Å². The van der Waals surface area contributed by atoms with Crippen LogP contribution in [0.1, 0.15) is 67.7 Å². The molecule has 0 nitrogen and oxygen atoms in total. The van der Waals surface area contributed by atoms with Crippen molar-refractivity contribution < 1.29 is 0 Å². The van der Waals surface area contributed by atoms with Crippen LogP contribution in [0.3, 0.4) is 0 Å². The molecule has 0 heteroatoms. The Balaban J connectivity index is 2.39. The summed E-state index contributed by atoms with van der Waals surface area (Å²) in [5, 5.41) is 0. The van der Waals surface area contributed by atoms with E-state index in [4.69, 9.17) is 0 Å². The molecule has 4 unspecified atom stereocenters. The molecule has 0 aliphatic heterocycles. The first-order valence-electron chi connectivity index (χ1n) is 8.56. The van der Waals surface area contributed by atoms with E-state index in [1.54, 1.807) is 0 Å². The van der Waals surface area contributed by atoms with E-state index in [-0.39, 0.29) is 0 Å². The standard InChI is InChI=1S/C19H36/c1-8-14(4)9-11-18-16(6)19(17(18)7)12-10-15(5)13(2)3/h9,11,13-19H,8,10,12H2,1-7H3. The highest BCUT2D eigenvalue weighted by atomic mass is 14.5. The maximum absolute atomic E-state index is 2.52. The third kappa shape index (κ3) is 4.36. The van der Waals surface area contributed by atoms with Gasteiger partial charge in [-0.1, -0.05) is 73.5 Å². The summed E-state index contributed by atoms with van der Waals surface area (Å²) < 4.78 is 0. The predicted octanol–water partition coefficient (Wildman–Crippen LogP) is 6.18. The molecule has 1 rings (SSSR count). The average Bonchev–Trinajstić information content (AvgIpc) is 2.38. The second-order valence-corrected chi connectivity index (χ2v) is 7.53. The first kappa shape index (κ1) is 16.8. The van der Waals surface area contributed by atoms with Gasteiger partial charge in [-0.05, 0) is 47.8 Å². The van der Waals surface area contributed by atoms with Crippen LogP contribution >= 0.6 is 0 Å². The number of allylic oxidation sites excluding steroid dienone is 2. The lowest BCUT2D eigenvalue weighted by Crippen LogP contribution is -2.42. The lowest BCUT2D eigenvalue weighted by Gasteiger charge is -2.49. The van der Waals surface area contributed by atoms with Crippen molar-refractivity contribution in [2.24, 2.45) is 41.4 Å². The van der Waals surface area contributed by atoms with Crippen molar-refractivity contribution in [2.45, 2.75) is 67.7 Å². The number of hydrogen-bond donors (Lipinski definition) is 0. The molecule has 4 atom stereocenters. The molecule has 0 aromatic rings. The van der Waals surface area contributed by atoms with Gasteiger partial charge in [-0.3, -0.25) is 0 Å². The quantitative estimate of drug-likeness (QED) is 0.482. The molecule has 0 aromatic carbocycles. The van der Waals surface area contributed by atoms with Crippen LogP contribution in [0.4, 0.5) is 0 Å². The summed E-state index contributed by atoms with van der Waals surface area (Å²) in [4.78, 5) is 0. The Morgan fingerprint density at radius 3 is 2.05 bits per heavy atom. The summed E-state index contributed by atoms with van der Waals surface area (Å²) in [6.07, 6.45) is 9.09. The lowest BCUT2D eigenvalue weighted by molar-refractivity contribution is 0.0237. The van der Waals surface area contributed by atoms with E-state index >= 15 is 0 Å². The molecular formula is C19H36. The highest BCUT2D eigenvalue weighted by Crippen LogP contribution is 2.49. The molecular weight excluding hydrogens is 228 g/mol. The molecule has 0 spiro atoms. The molecule has 1 aliphatic rings. The van der Waals surface area contributed by atoms with E-state index in [0.29, 0.717) is 0 Å². The van der Waals surface area contributed by atoms with Gasteiger partial charge in [0.25, 0.3) is 0 Å². The molecule has 0 N–H and O–H groups in total. The molecule has 0 heterocycles. The van der Waals surface area contributed by atoms with Crippen LogP contribution < -0.4 is 0 Å². The second-order valence-electron chi connectivity index (χ2n) is 7.53. The fourth-order valence-electron chi connectivity index (χ4n) is 3.50. The highest BCUT2D eigenvalue weighted by Gasteiger charge is 2.42. The number of rotatable bonds is 7. The van der Waals surface area contributed by atoms with Crippen molar-refractivity contribution >= 4 is 0 Å². The molecule has 0 amide bonds. The van der Waals surface area contributed by atoms with Crippen molar-refractivity contribution in [3.05, 3.63) is 12.2 Å². The molecule has 1 saturated carbocycles. The maximum Gasteiger partial charge on any atom is -0.0176 e. The van der Waals surface area contributed by atoms with Crippen LogP contribution in [0.5, 0.6) is 0 Å². The minimum atomic E-state index is 0.749. The zero-order valence-corrected chi connectivity index (χ0v) is 14.3. The van der Waals surface area contributed by atoms with Crippen LogP contribution in [0.2, 0.25) is 0 Å². The molecule has 0 aromatic heterocycles. The zero-order valence-electron chi connectivity index (χ0n) is 14.3. The van der Waals surface area contributed by atoms with Crippen molar-refractivity contribution in [1.29, 1.82) is 0 Å². The van der Waals surface area contributed by atoms with Crippen LogP contribution in [-0.4, -0.2) is 0 Å². The molecule has 1 aliphatic carbocycles. The van der Waals surface area contributed by atoms with Crippen LogP contribution in [0, 0.1) is 41.4 Å². The van der Waals surface area contributed by atoms with E-state index in [1.165, 1.54) is 19.3 Å².